The molecule has 1 N–H and O–H groups in total. The quantitative estimate of drug-likeness (QED) is 0.640. The normalized spacial score (nSPS) is 16.1. The molecule has 1 aliphatic carbocycles. The molecule has 0 radical (unpaired) electrons. The lowest BCUT2D eigenvalue weighted by atomic mass is 9.93. The minimum absolute atomic E-state index is 0.0315. The molecule has 0 spiro atoms. The van der Waals surface area contributed by atoms with E-state index in [1.165, 1.54) is 12.1 Å². The first-order valence-electron chi connectivity index (χ1n) is 8.22. The van der Waals surface area contributed by atoms with Gasteiger partial charge >= 0.3 is 5.69 Å². The third-order valence-electron chi connectivity index (χ3n) is 4.36. The fourth-order valence-electron chi connectivity index (χ4n) is 3.11. The molecule has 1 atom stereocenters. The number of carbonyl (C=O) groups excluding carboxylic acids is 1. The first-order chi connectivity index (χ1) is 12.1. The number of nitrogens with zero attached hydrogens (tertiary/aromatic N) is 3. The second kappa shape index (κ2) is 7.33. The topological polar surface area (TPSA) is 99.3 Å². The largest absolute Gasteiger partial charge is 0.486 e. The number of nitro groups is 1. The van der Waals surface area contributed by atoms with Crippen molar-refractivity contribution in [1.82, 2.24) is 15.1 Å². The van der Waals surface area contributed by atoms with Crippen molar-refractivity contribution in [2.24, 2.45) is 7.05 Å². The van der Waals surface area contributed by atoms with E-state index in [9.17, 15) is 14.9 Å². The molecular weight excluding hydrogens is 324 g/mol. The van der Waals surface area contributed by atoms with Crippen LogP contribution in [0, 0.1) is 10.1 Å². The smallest absolute Gasteiger partial charge is 0.310 e. The van der Waals surface area contributed by atoms with Crippen molar-refractivity contribution >= 4 is 11.6 Å². The van der Waals surface area contributed by atoms with E-state index in [0.717, 1.165) is 30.5 Å². The number of aryl methyl sites for hydroxylation is 1. The zero-order valence-corrected chi connectivity index (χ0v) is 14.0. The number of hydrogen-bond acceptors (Lipinski definition) is 5. The molecule has 0 saturated heterocycles. The van der Waals surface area contributed by atoms with Gasteiger partial charge in [0.05, 0.1) is 30.2 Å². The van der Waals surface area contributed by atoms with Crippen LogP contribution in [0.15, 0.2) is 30.5 Å². The van der Waals surface area contributed by atoms with Crippen LogP contribution in [0.4, 0.5) is 5.69 Å². The Morgan fingerprint density at radius 3 is 3.08 bits per heavy atom. The van der Waals surface area contributed by atoms with E-state index in [1.54, 1.807) is 12.1 Å². The minimum Gasteiger partial charge on any atom is -0.486 e. The number of nitrogens with one attached hydrogen (secondary N) is 1. The first-order valence-corrected chi connectivity index (χ1v) is 8.22. The van der Waals surface area contributed by atoms with Crippen molar-refractivity contribution in [3.05, 3.63) is 51.8 Å². The molecule has 8 nitrogen and oxygen atoms in total. The SMILES string of the molecule is Cn1ncc2c1CCCC2NC(=O)CCOc1ccccc1[N+](=O)[O-]. The molecule has 1 aromatic heterocycles. The Morgan fingerprint density at radius 2 is 2.28 bits per heavy atom. The van der Waals surface area contributed by atoms with Gasteiger partial charge in [0.25, 0.3) is 0 Å². The van der Waals surface area contributed by atoms with E-state index >= 15 is 0 Å². The highest BCUT2D eigenvalue weighted by atomic mass is 16.6. The molecule has 1 aliphatic rings. The molecule has 8 heteroatoms. The van der Waals surface area contributed by atoms with Gasteiger partial charge in [0.1, 0.15) is 0 Å². The Morgan fingerprint density at radius 1 is 1.48 bits per heavy atom. The third kappa shape index (κ3) is 3.78. The average molecular weight is 344 g/mol. The molecule has 2 aromatic rings. The van der Waals surface area contributed by atoms with Gasteiger partial charge in [-0.05, 0) is 25.3 Å². The fourth-order valence-corrected chi connectivity index (χ4v) is 3.11. The Hall–Kier alpha value is -2.90. The number of benzene rings is 1. The van der Waals surface area contributed by atoms with Crippen LogP contribution in [0.5, 0.6) is 5.75 Å². The second-order valence-corrected chi connectivity index (χ2v) is 6.01. The van der Waals surface area contributed by atoms with Crippen molar-refractivity contribution in [3.8, 4) is 5.75 Å². The van der Waals surface area contributed by atoms with Gasteiger partial charge in [0.15, 0.2) is 5.75 Å². The fraction of sp³-hybridized carbons (Fsp3) is 0.412. The summed E-state index contributed by atoms with van der Waals surface area (Å²) in [5, 5.41) is 18.2. The van der Waals surface area contributed by atoms with Gasteiger partial charge in [-0.3, -0.25) is 19.6 Å². The van der Waals surface area contributed by atoms with Gasteiger partial charge in [-0.1, -0.05) is 12.1 Å². The number of ether oxygens (including phenoxy) is 1. The summed E-state index contributed by atoms with van der Waals surface area (Å²) in [7, 11) is 1.91. The second-order valence-electron chi connectivity index (χ2n) is 6.01. The molecule has 0 bridgehead atoms. The van der Waals surface area contributed by atoms with Gasteiger partial charge in [0.2, 0.25) is 5.91 Å². The van der Waals surface area contributed by atoms with Crippen LogP contribution in [0.3, 0.4) is 0 Å². The molecule has 1 unspecified atom stereocenters. The molecule has 1 heterocycles. The average Bonchev–Trinajstić information content (AvgIpc) is 2.98. The number of rotatable bonds is 6. The molecule has 0 saturated carbocycles. The monoisotopic (exact) mass is 344 g/mol. The third-order valence-corrected chi connectivity index (χ3v) is 4.36. The van der Waals surface area contributed by atoms with Crippen molar-refractivity contribution in [3.63, 3.8) is 0 Å². The lowest BCUT2D eigenvalue weighted by Gasteiger charge is -2.23. The summed E-state index contributed by atoms with van der Waals surface area (Å²) in [6, 6.07) is 6.11. The standard InChI is InChI=1S/C17H20N4O4/c1-20-14-7-4-5-13(12(14)11-18-20)19-17(22)9-10-25-16-8-3-2-6-15(16)21(23)24/h2-3,6,8,11,13H,4-5,7,9-10H2,1H3,(H,19,22). The zero-order chi connectivity index (χ0) is 17.8. The highest BCUT2D eigenvalue weighted by molar-refractivity contribution is 5.76. The molecular formula is C17H20N4O4. The maximum Gasteiger partial charge on any atom is 0.310 e. The molecule has 132 valence electrons. The van der Waals surface area contributed by atoms with E-state index in [-0.39, 0.29) is 36.4 Å². The van der Waals surface area contributed by atoms with Gasteiger partial charge in [-0.15, -0.1) is 0 Å². The molecule has 3 rings (SSSR count). The first kappa shape index (κ1) is 16.9. The van der Waals surface area contributed by atoms with Gasteiger partial charge in [0, 0.05) is 24.4 Å². The Bertz CT molecular complexity index is 787. The Labute approximate surface area is 144 Å². The number of carbonyl (C=O) groups is 1. The minimum atomic E-state index is -0.499. The van der Waals surface area contributed by atoms with Crippen LogP contribution in [0.2, 0.25) is 0 Å². The van der Waals surface area contributed by atoms with E-state index in [2.05, 4.69) is 10.4 Å². The van der Waals surface area contributed by atoms with Crippen LogP contribution in [0.25, 0.3) is 0 Å². The number of hydrogen-bond donors (Lipinski definition) is 1. The summed E-state index contributed by atoms with van der Waals surface area (Å²) in [6.45, 7) is 0.0866. The van der Waals surface area contributed by atoms with Gasteiger partial charge in [-0.25, -0.2) is 0 Å². The van der Waals surface area contributed by atoms with E-state index < -0.39 is 4.92 Å². The predicted molar refractivity (Wildman–Crippen MR) is 90.2 cm³/mol. The van der Waals surface area contributed by atoms with Crippen molar-refractivity contribution in [2.45, 2.75) is 31.7 Å². The van der Waals surface area contributed by atoms with Gasteiger partial charge < -0.3 is 10.1 Å². The number of nitro benzene ring substituents is 1. The molecule has 0 fully saturated rings. The lowest BCUT2D eigenvalue weighted by Crippen LogP contribution is -2.31. The number of aromatic nitrogens is 2. The van der Waals surface area contributed by atoms with E-state index in [1.807, 2.05) is 17.9 Å². The van der Waals surface area contributed by atoms with Crippen molar-refractivity contribution in [1.29, 1.82) is 0 Å². The summed E-state index contributed by atoms with van der Waals surface area (Å²) in [6.07, 6.45) is 4.81. The Balaban J connectivity index is 1.54. The number of amides is 1. The zero-order valence-electron chi connectivity index (χ0n) is 14.0. The van der Waals surface area contributed by atoms with E-state index in [0.29, 0.717) is 0 Å². The van der Waals surface area contributed by atoms with Crippen molar-refractivity contribution < 1.29 is 14.5 Å². The van der Waals surface area contributed by atoms with Crippen LogP contribution < -0.4 is 10.1 Å². The highest BCUT2D eigenvalue weighted by Gasteiger charge is 2.24. The summed E-state index contributed by atoms with van der Waals surface area (Å²) >= 11 is 0. The maximum absolute atomic E-state index is 12.2. The van der Waals surface area contributed by atoms with Crippen molar-refractivity contribution in [2.75, 3.05) is 6.61 Å². The van der Waals surface area contributed by atoms with Crippen LogP contribution in [0.1, 0.15) is 36.6 Å². The summed E-state index contributed by atoms with van der Waals surface area (Å²) in [5.74, 6) is 0.0350. The van der Waals surface area contributed by atoms with E-state index in [4.69, 9.17) is 4.74 Å². The maximum atomic E-state index is 12.2. The van der Waals surface area contributed by atoms with Crippen LogP contribution in [-0.2, 0) is 18.3 Å². The molecule has 1 amide bonds. The predicted octanol–water partition coefficient (Wildman–Crippen LogP) is 2.29. The number of para-hydroxylation sites is 2. The van der Waals surface area contributed by atoms with Crippen LogP contribution in [-0.4, -0.2) is 27.2 Å². The lowest BCUT2D eigenvalue weighted by molar-refractivity contribution is -0.385. The highest BCUT2D eigenvalue weighted by Crippen LogP contribution is 2.29. The Kier molecular flexibility index (Phi) is 4.97. The summed E-state index contributed by atoms with van der Waals surface area (Å²) in [4.78, 5) is 22.6. The number of fused-ring (bicyclic) bond motifs is 1. The summed E-state index contributed by atoms with van der Waals surface area (Å²) < 4.78 is 7.27. The summed E-state index contributed by atoms with van der Waals surface area (Å²) in [5.41, 5.74) is 2.13. The van der Waals surface area contributed by atoms with Crippen LogP contribution >= 0.6 is 0 Å². The molecule has 25 heavy (non-hydrogen) atoms. The molecule has 0 aliphatic heterocycles. The molecule has 1 aromatic carbocycles. The van der Waals surface area contributed by atoms with Gasteiger partial charge in [-0.2, -0.15) is 5.10 Å².